The van der Waals surface area contributed by atoms with Gasteiger partial charge in [-0.1, -0.05) is 27.2 Å². The van der Waals surface area contributed by atoms with Gasteiger partial charge in [0.2, 0.25) is 0 Å². The number of ether oxygens (including phenoxy) is 1. The maximum absolute atomic E-state index is 12.7. The molecule has 1 aromatic carbocycles. The molecule has 2 rings (SSSR count). The summed E-state index contributed by atoms with van der Waals surface area (Å²) in [6, 6.07) is 7.28. The van der Waals surface area contributed by atoms with Gasteiger partial charge in [-0.2, -0.15) is 5.10 Å². The van der Waals surface area contributed by atoms with E-state index in [2.05, 4.69) is 25.9 Å². The Kier molecular flexibility index (Phi) is 5.59. The normalized spacial score (nSPS) is 11.0. The van der Waals surface area contributed by atoms with E-state index in [0.717, 1.165) is 30.0 Å². The Bertz CT molecular complexity index is 669. The maximum atomic E-state index is 12.7. The third-order valence-electron chi connectivity index (χ3n) is 3.82. The van der Waals surface area contributed by atoms with Crippen LogP contribution >= 0.6 is 0 Å². The summed E-state index contributed by atoms with van der Waals surface area (Å²) in [5.41, 5.74) is 3.68. The molecule has 0 aliphatic rings. The Labute approximate surface area is 138 Å². The summed E-state index contributed by atoms with van der Waals surface area (Å²) >= 11 is 0. The maximum Gasteiger partial charge on any atom is 0.278 e. The highest BCUT2D eigenvalue weighted by Crippen LogP contribution is 2.18. The molecule has 0 aliphatic carbocycles. The van der Waals surface area contributed by atoms with Crippen molar-refractivity contribution in [1.29, 1.82) is 0 Å². The monoisotopic (exact) mass is 314 g/mol. The smallest absolute Gasteiger partial charge is 0.278 e. The van der Waals surface area contributed by atoms with E-state index in [0.29, 0.717) is 18.1 Å². The fourth-order valence-corrected chi connectivity index (χ4v) is 2.56. The van der Waals surface area contributed by atoms with E-state index in [1.54, 1.807) is 12.1 Å². The molecular weight excluding hydrogens is 288 g/mol. The molecule has 0 amide bonds. The third-order valence-corrected chi connectivity index (χ3v) is 3.82. The molecule has 0 fully saturated rings. The van der Waals surface area contributed by atoms with Crippen LogP contribution in [0.4, 0.5) is 0 Å². The van der Waals surface area contributed by atoms with Crippen LogP contribution in [0.25, 0.3) is 0 Å². The molecule has 23 heavy (non-hydrogen) atoms. The standard InChI is InChI=1S/C19H26N2O2/c1-6-7-18-14(4)20-21(15(18)5)19(22)16-8-10-17(11-9-16)23-12-13(2)3/h8-11,13H,6-7,12H2,1-5H3. The third kappa shape index (κ3) is 4.01. The minimum Gasteiger partial charge on any atom is -0.493 e. The largest absolute Gasteiger partial charge is 0.493 e. The molecule has 124 valence electrons. The summed E-state index contributed by atoms with van der Waals surface area (Å²) in [6.45, 7) is 10.9. The molecule has 4 heteroatoms. The molecule has 1 heterocycles. The molecule has 0 saturated heterocycles. The van der Waals surface area contributed by atoms with Crippen molar-refractivity contribution in [3.8, 4) is 5.75 Å². The van der Waals surface area contributed by atoms with Gasteiger partial charge < -0.3 is 4.74 Å². The minimum absolute atomic E-state index is 0.0941. The lowest BCUT2D eigenvalue weighted by Crippen LogP contribution is -2.15. The van der Waals surface area contributed by atoms with Crippen LogP contribution in [0.15, 0.2) is 24.3 Å². The molecule has 4 nitrogen and oxygen atoms in total. The second kappa shape index (κ2) is 7.44. The van der Waals surface area contributed by atoms with Crippen molar-refractivity contribution in [3.63, 3.8) is 0 Å². The van der Waals surface area contributed by atoms with Crippen LogP contribution in [0.3, 0.4) is 0 Å². The van der Waals surface area contributed by atoms with Crippen molar-refractivity contribution in [1.82, 2.24) is 9.78 Å². The van der Waals surface area contributed by atoms with E-state index in [1.807, 2.05) is 26.0 Å². The Balaban J connectivity index is 2.19. The van der Waals surface area contributed by atoms with Crippen molar-refractivity contribution in [2.45, 2.75) is 47.5 Å². The first-order chi connectivity index (χ1) is 10.9. The van der Waals surface area contributed by atoms with Gasteiger partial charge in [0.15, 0.2) is 0 Å². The number of benzene rings is 1. The van der Waals surface area contributed by atoms with Crippen LogP contribution in [-0.4, -0.2) is 22.3 Å². The highest BCUT2D eigenvalue weighted by atomic mass is 16.5. The number of nitrogens with zero attached hydrogens (tertiary/aromatic N) is 2. The number of carbonyl (C=O) groups excluding carboxylic acids is 1. The van der Waals surface area contributed by atoms with Gasteiger partial charge in [-0.3, -0.25) is 4.79 Å². The summed E-state index contributed by atoms with van der Waals surface area (Å²) in [5.74, 6) is 1.17. The molecular formula is C19H26N2O2. The Hall–Kier alpha value is -2.10. The van der Waals surface area contributed by atoms with Crippen LogP contribution < -0.4 is 4.74 Å². The lowest BCUT2D eigenvalue weighted by Gasteiger charge is -2.09. The molecule has 0 aliphatic heterocycles. The number of hydrogen-bond acceptors (Lipinski definition) is 3. The molecule has 0 radical (unpaired) electrons. The summed E-state index contributed by atoms with van der Waals surface area (Å²) < 4.78 is 7.17. The number of aromatic nitrogens is 2. The molecule has 0 bridgehead atoms. The zero-order chi connectivity index (χ0) is 17.0. The average Bonchev–Trinajstić information content (AvgIpc) is 2.81. The lowest BCUT2D eigenvalue weighted by atomic mass is 10.1. The molecule has 2 aromatic rings. The zero-order valence-electron chi connectivity index (χ0n) is 14.7. The van der Waals surface area contributed by atoms with Crippen LogP contribution in [0.5, 0.6) is 5.75 Å². The van der Waals surface area contributed by atoms with Crippen molar-refractivity contribution < 1.29 is 9.53 Å². The Morgan fingerprint density at radius 1 is 1.22 bits per heavy atom. The second-order valence-corrected chi connectivity index (χ2v) is 6.35. The Morgan fingerprint density at radius 2 is 1.87 bits per heavy atom. The molecule has 0 saturated carbocycles. The summed E-state index contributed by atoms with van der Waals surface area (Å²) in [4.78, 5) is 12.7. The second-order valence-electron chi connectivity index (χ2n) is 6.35. The van der Waals surface area contributed by atoms with Crippen LogP contribution in [-0.2, 0) is 6.42 Å². The molecule has 0 spiro atoms. The molecule has 0 unspecified atom stereocenters. The predicted octanol–water partition coefficient (Wildman–Crippen LogP) is 4.18. The number of aryl methyl sites for hydroxylation is 1. The van der Waals surface area contributed by atoms with E-state index in [4.69, 9.17) is 4.74 Å². The molecule has 0 N–H and O–H groups in total. The molecule has 0 atom stereocenters. The van der Waals surface area contributed by atoms with Gasteiger partial charge in [0.1, 0.15) is 5.75 Å². The van der Waals surface area contributed by atoms with Gasteiger partial charge in [0, 0.05) is 11.3 Å². The zero-order valence-corrected chi connectivity index (χ0v) is 14.7. The SMILES string of the molecule is CCCc1c(C)nn(C(=O)c2ccc(OCC(C)C)cc2)c1C. The van der Waals surface area contributed by atoms with Crippen LogP contribution in [0.1, 0.15) is 54.5 Å². The van der Waals surface area contributed by atoms with Crippen molar-refractivity contribution in [2.24, 2.45) is 5.92 Å². The first kappa shape index (κ1) is 17.3. The summed E-state index contributed by atoms with van der Waals surface area (Å²) in [5, 5.41) is 4.42. The van der Waals surface area contributed by atoms with Gasteiger partial charge in [-0.15, -0.1) is 0 Å². The van der Waals surface area contributed by atoms with Crippen molar-refractivity contribution in [2.75, 3.05) is 6.61 Å². The van der Waals surface area contributed by atoms with Crippen molar-refractivity contribution in [3.05, 3.63) is 46.8 Å². The van der Waals surface area contributed by atoms with E-state index in [9.17, 15) is 4.79 Å². The van der Waals surface area contributed by atoms with Crippen molar-refractivity contribution >= 4 is 5.91 Å². The van der Waals surface area contributed by atoms with E-state index < -0.39 is 0 Å². The highest BCUT2D eigenvalue weighted by Gasteiger charge is 2.17. The number of hydrogen-bond donors (Lipinski definition) is 0. The number of rotatable bonds is 6. The number of carbonyl (C=O) groups is 1. The average molecular weight is 314 g/mol. The fourth-order valence-electron chi connectivity index (χ4n) is 2.56. The first-order valence-corrected chi connectivity index (χ1v) is 8.26. The highest BCUT2D eigenvalue weighted by molar-refractivity contribution is 5.96. The Morgan fingerprint density at radius 3 is 2.43 bits per heavy atom. The van der Waals surface area contributed by atoms with Gasteiger partial charge in [0.25, 0.3) is 5.91 Å². The van der Waals surface area contributed by atoms with Gasteiger partial charge >= 0.3 is 0 Å². The van der Waals surface area contributed by atoms with Crippen LogP contribution in [0.2, 0.25) is 0 Å². The fraction of sp³-hybridized carbons (Fsp3) is 0.474. The lowest BCUT2D eigenvalue weighted by molar-refractivity contribution is 0.0942. The molecule has 1 aromatic heterocycles. The first-order valence-electron chi connectivity index (χ1n) is 8.26. The summed E-state index contributed by atoms with van der Waals surface area (Å²) in [6.07, 6.45) is 2.00. The van der Waals surface area contributed by atoms with Crippen LogP contribution in [0, 0.1) is 19.8 Å². The topological polar surface area (TPSA) is 44.1 Å². The summed E-state index contributed by atoms with van der Waals surface area (Å²) in [7, 11) is 0. The van der Waals surface area contributed by atoms with E-state index >= 15 is 0 Å². The van der Waals surface area contributed by atoms with E-state index in [-0.39, 0.29) is 5.91 Å². The predicted molar refractivity (Wildman–Crippen MR) is 92.2 cm³/mol. The minimum atomic E-state index is -0.0941. The van der Waals surface area contributed by atoms with Gasteiger partial charge in [-0.05, 0) is 56.0 Å². The van der Waals surface area contributed by atoms with Gasteiger partial charge in [0.05, 0.1) is 12.3 Å². The quantitative estimate of drug-likeness (QED) is 0.803. The van der Waals surface area contributed by atoms with Gasteiger partial charge in [-0.25, -0.2) is 4.68 Å². The van der Waals surface area contributed by atoms with E-state index in [1.165, 1.54) is 10.2 Å².